The minimum Gasteiger partial charge on any atom is -0.384 e. The maximum Gasteiger partial charge on any atom is 0.0998 e. The van der Waals surface area contributed by atoms with E-state index in [2.05, 4.69) is 23.5 Å². The van der Waals surface area contributed by atoms with E-state index in [0.29, 0.717) is 0 Å². The Hall–Kier alpha value is -2.27. The van der Waals surface area contributed by atoms with Crippen molar-refractivity contribution in [2.45, 2.75) is 13.3 Å². The second-order valence-electron chi connectivity index (χ2n) is 4.10. The quantitative estimate of drug-likeness (QED) is 0.641. The fourth-order valence-corrected chi connectivity index (χ4v) is 2.01. The molecule has 0 unspecified atom stereocenters. The molecule has 90 valence electrons. The number of nitriles is 1. The zero-order valence-corrected chi connectivity index (χ0v) is 10.5. The van der Waals surface area contributed by atoms with Crippen molar-refractivity contribution in [3.8, 4) is 6.07 Å². The third kappa shape index (κ3) is 2.52. The Kier molecular flexibility index (Phi) is 3.98. The molecule has 1 N–H and O–H groups in total. The number of nitrogens with zero attached hydrogens (tertiary/aromatic N) is 1. The summed E-state index contributed by atoms with van der Waals surface area (Å²) in [5, 5.41) is 14.6. The second-order valence-corrected chi connectivity index (χ2v) is 4.10. The first kappa shape index (κ1) is 12.2. The molecule has 0 aliphatic carbocycles. The SMILES string of the molecule is C/C=C/CCNc1ccc(C#N)c2ccccc12. The van der Waals surface area contributed by atoms with Crippen molar-refractivity contribution in [1.29, 1.82) is 5.26 Å². The molecule has 2 aromatic rings. The summed E-state index contributed by atoms with van der Waals surface area (Å²) >= 11 is 0. The normalized spacial score (nSPS) is 10.7. The van der Waals surface area contributed by atoms with Gasteiger partial charge in [-0.15, -0.1) is 0 Å². The molecule has 0 aromatic heterocycles. The molecule has 0 saturated carbocycles. The highest BCUT2D eigenvalue weighted by molar-refractivity contribution is 5.97. The van der Waals surface area contributed by atoms with Crippen LogP contribution < -0.4 is 5.32 Å². The van der Waals surface area contributed by atoms with Gasteiger partial charge >= 0.3 is 0 Å². The monoisotopic (exact) mass is 236 g/mol. The summed E-state index contributed by atoms with van der Waals surface area (Å²) in [6.45, 7) is 2.93. The van der Waals surface area contributed by atoms with Crippen molar-refractivity contribution in [2.75, 3.05) is 11.9 Å². The molecule has 0 atom stereocenters. The highest BCUT2D eigenvalue weighted by atomic mass is 14.9. The Morgan fingerprint density at radius 3 is 2.67 bits per heavy atom. The van der Waals surface area contributed by atoms with Gasteiger partial charge < -0.3 is 5.32 Å². The molecule has 2 heteroatoms. The van der Waals surface area contributed by atoms with Crippen LogP contribution in [0.2, 0.25) is 0 Å². The smallest absolute Gasteiger partial charge is 0.0998 e. The van der Waals surface area contributed by atoms with Crippen LogP contribution in [0, 0.1) is 11.3 Å². The largest absolute Gasteiger partial charge is 0.384 e. The minimum atomic E-state index is 0.726. The lowest BCUT2D eigenvalue weighted by Gasteiger charge is -2.09. The molecular formula is C16H16N2. The predicted molar refractivity (Wildman–Crippen MR) is 76.6 cm³/mol. The molecule has 2 aromatic carbocycles. The van der Waals surface area contributed by atoms with Gasteiger partial charge in [0.05, 0.1) is 11.6 Å². The molecule has 0 saturated heterocycles. The molecule has 2 nitrogen and oxygen atoms in total. The summed E-state index contributed by atoms with van der Waals surface area (Å²) in [4.78, 5) is 0. The highest BCUT2D eigenvalue weighted by Crippen LogP contribution is 2.26. The molecule has 0 radical (unpaired) electrons. The summed E-state index contributed by atoms with van der Waals surface area (Å²) in [5.41, 5.74) is 1.82. The first-order valence-corrected chi connectivity index (χ1v) is 6.13. The molecular weight excluding hydrogens is 220 g/mol. The third-order valence-corrected chi connectivity index (χ3v) is 2.91. The van der Waals surface area contributed by atoms with E-state index in [9.17, 15) is 0 Å². The maximum atomic E-state index is 9.09. The Morgan fingerprint density at radius 2 is 1.94 bits per heavy atom. The standard InChI is InChI=1S/C16H16N2/c1-2-3-6-11-18-16-10-9-13(12-17)14-7-4-5-8-15(14)16/h2-5,7-10,18H,6,11H2,1H3/b3-2+. The lowest BCUT2D eigenvalue weighted by atomic mass is 10.0. The molecule has 0 heterocycles. The summed E-state index contributed by atoms with van der Waals surface area (Å²) in [6, 6.07) is 14.1. The van der Waals surface area contributed by atoms with E-state index >= 15 is 0 Å². The van der Waals surface area contributed by atoms with Crippen molar-refractivity contribution >= 4 is 16.5 Å². The topological polar surface area (TPSA) is 35.8 Å². The van der Waals surface area contributed by atoms with Gasteiger partial charge in [0.1, 0.15) is 0 Å². The molecule has 0 fully saturated rings. The summed E-state index contributed by atoms with van der Waals surface area (Å²) in [6.07, 6.45) is 5.20. The molecule has 0 aliphatic heterocycles. The van der Waals surface area contributed by atoms with Gasteiger partial charge in [0, 0.05) is 23.0 Å². The predicted octanol–water partition coefficient (Wildman–Crippen LogP) is 4.09. The van der Waals surface area contributed by atoms with Gasteiger partial charge in [-0.25, -0.2) is 0 Å². The van der Waals surface area contributed by atoms with Crippen LogP contribution in [0.5, 0.6) is 0 Å². The van der Waals surface area contributed by atoms with Crippen molar-refractivity contribution in [2.24, 2.45) is 0 Å². The molecule has 18 heavy (non-hydrogen) atoms. The average Bonchev–Trinajstić information content (AvgIpc) is 2.43. The Morgan fingerprint density at radius 1 is 1.17 bits per heavy atom. The van der Waals surface area contributed by atoms with Gasteiger partial charge in [-0.05, 0) is 25.5 Å². The molecule has 0 amide bonds. The van der Waals surface area contributed by atoms with Crippen molar-refractivity contribution < 1.29 is 0 Å². The Bertz CT molecular complexity index is 606. The van der Waals surface area contributed by atoms with Crippen LogP contribution in [0.15, 0.2) is 48.6 Å². The van der Waals surface area contributed by atoms with E-state index in [1.807, 2.05) is 43.3 Å². The lowest BCUT2D eigenvalue weighted by molar-refractivity contribution is 1.07. The number of rotatable bonds is 4. The van der Waals surface area contributed by atoms with E-state index in [1.165, 1.54) is 0 Å². The van der Waals surface area contributed by atoms with E-state index < -0.39 is 0 Å². The van der Waals surface area contributed by atoms with Crippen molar-refractivity contribution in [1.82, 2.24) is 0 Å². The number of allylic oxidation sites excluding steroid dienone is 1. The van der Waals surface area contributed by atoms with Crippen LogP contribution in [-0.2, 0) is 0 Å². The van der Waals surface area contributed by atoms with Gasteiger partial charge in [0.2, 0.25) is 0 Å². The Balaban J connectivity index is 2.32. The van der Waals surface area contributed by atoms with Crippen molar-refractivity contribution in [3.63, 3.8) is 0 Å². The number of hydrogen-bond donors (Lipinski definition) is 1. The Labute approximate surface area is 108 Å². The highest BCUT2D eigenvalue weighted by Gasteiger charge is 2.04. The van der Waals surface area contributed by atoms with Crippen LogP contribution in [0.3, 0.4) is 0 Å². The zero-order chi connectivity index (χ0) is 12.8. The van der Waals surface area contributed by atoms with Crippen molar-refractivity contribution in [3.05, 3.63) is 54.1 Å². The number of anilines is 1. The zero-order valence-electron chi connectivity index (χ0n) is 10.5. The molecule has 2 rings (SSSR count). The minimum absolute atomic E-state index is 0.726. The fraction of sp³-hybridized carbons (Fsp3) is 0.188. The lowest BCUT2D eigenvalue weighted by Crippen LogP contribution is -2.01. The average molecular weight is 236 g/mol. The number of benzene rings is 2. The van der Waals surface area contributed by atoms with Crippen LogP contribution in [0.25, 0.3) is 10.8 Å². The summed E-state index contributed by atoms with van der Waals surface area (Å²) < 4.78 is 0. The van der Waals surface area contributed by atoms with Crippen LogP contribution in [0.1, 0.15) is 18.9 Å². The number of nitrogens with one attached hydrogen (secondary N) is 1. The first-order valence-electron chi connectivity index (χ1n) is 6.13. The van der Waals surface area contributed by atoms with E-state index in [4.69, 9.17) is 5.26 Å². The van der Waals surface area contributed by atoms with E-state index in [-0.39, 0.29) is 0 Å². The fourth-order valence-electron chi connectivity index (χ4n) is 2.01. The second kappa shape index (κ2) is 5.88. The maximum absolute atomic E-state index is 9.09. The van der Waals surface area contributed by atoms with Crippen LogP contribution in [-0.4, -0.2) is 6.54 Å². The van der Waals surface area contributed by atoms with Gasteiger partial charge in [0.15, 0.2) is 0 Å². The van der Waals surface area contributed by atoms with Gasteiger partial charge in [0.25, 0.3) is 0 Å². The number of hydrogen-bond acceptors (Lipinski definition) is 2. The van der Waals surface area contributed by atoms with Crippen LogP contribution in [0.4, 0.5) is 5.69 Å². The third-order valence-electron chi connectivity index (χ3n) is 2.91. The van der Waals surface area contributed by atoms with E-state index in [1.54, 1.807) is 0 Å². The summed E-state index contributed by atoms with van der Waals surface area (Å²) in [5.74, 6) is 0. The van der Waals surface area contributed by atoms with Gasteiger partial charge in [-0.3, -0.25) is 0 Å². The summed E-state index contributed by atoms with van der Waals surface area (Å²) in [7, 11) is 0. The number of fused-ring (bicyclic) bond motifs is 1. The molecule has 0 aliphatic rings. The van der Waals surface area contributed by atoms with Gasteiger partial charge in [-0.1, -0.05) is 36.4 Å². The van der Waals surface area contributed by atoms with Gasteiger partial charge in [-0.2, -0.15) is 5.26 Å². The molecule has 0 bridgehead atoms. The van der Waals surface area contributed by atoms with Crippen LogP contribution >= 0.6 is 0 Å². The first-order chi connectivity index (χ1) is 8.86. The molecule has 0 spiro atoms. The van der Waals surface area contributed by atoms with E-state index in [0.717, 1.165) is 35.0 Å².